The van der Waals surface area contributed by atoms with Crippen molar-refractivity contribution < 1.29 is 22.8 Å². The van der Waals surface area contributed by atoms with Crippen molar-refractivity contribution in [2.24, 2.45) is 0 Å². The third-order valence-electron chi connectivity index (χ3n) is 2.10. The SMILES string of the molecule is Nc1cc(-c2ccc(O)cc2C(F)(F)F)on1. The number of rotatable bonds is 1. The van der Waals surface area contributed by atoms with Crippen molar-refractivity contribution in [1.29, 1.82) is 0 Å². The predicted molar refractivity (Wildman–Crippen MR) is 53.0 cm³/mol. The lowest BCUT2D eigenvalue weighted by Crippen LogP contribution is -2.06. The number of nitrogens with two attached hydrogens (primary N) is 1. The van der Waals surface area contributed by atoms with E-state index in [2.05, 4.69) is 9.68 Å². The molecule has 0 saturated carbocycles. The Labute approximate surface area is 93.4 Å². The van der Waals surface area contributed by atoms with E-state index in [9.17, 15) is 13.2 Å². The number of benzene rings is 1. The molecule has 17 heavy (non-hydrogen) atoms. The van der Waals surface area contributed by atoms with Gasteiger partial charge in [-0.3, -0.25) is 0 Å². The van der Waals surface area contributed by atoms with Crippen LogP contribution in [-0.4, -0.2) is 10.3 Å². The molecule has 0 aliphatic heterocycles. The van der Waals surface area contributed by atoms with Crippen molar-refractivity contribution in [3.63, 3.8) is 0 Å². The minimum atomic E-state index is -4.60. The molecule has 0 amide bonds. The summed E-state index contributed by atoms with van der Waals surface area (Å²) in [4.78, 5) is 0. The lowest BCUT2D eigenvalue weighted by atomic mass is 10.0. The van der Waals surface area contributed by atoms with Gasteiger partial charge in [0, 0.05) is 11.6 Å². The van der Waals surface area contributed by atoms with E-state index in [4.69, 9.17) is 10.8 Å². The lowest BCUT2D eigenvalue weighted by Gasteiger charge is -2.10. The van der Waals surface area contributed by atoms with E-state index in [1.165, 1.54) is 6.07 Å². The number of aromatic nitrogens is 1. The number of nitrogens with zero attached hydrogens (tertiary/aromatic N) is 1. The maximum absolute atomic E-state index is 12.7. The van der Waals surface area contributed by atoms with Crippen LogP contribution in [0.3, 0.4) is 0 Å². The Morgan fingerprint density at radius 2 is 1.94 bits per heavy atom. The lowest BCUT2D eigenvalue weighted by molar-refractivity contribution is -0.137. The Balaban J connectivity index is 2.61. The van der Waals surface area contributed by atoms with Gasteiger partial charge in [0.05, 0.1) is 5.56 Å². The molecule has 0 atom stereocenters. The van der Waals surface area contributed by atoms with Crippen molar-refractivity contribution in [2.75, 3.05) is 5.73 Å². The number of hydrogen-bond acceptors (Lipinski definition) is 4. The Morgan fingerprint density at radius 3 is 2.47 bits per heavy atom. The molecule has 3 N–H and O–H groups in total. The van der Waals surface area contributed by atoms with Crippen molar-refractivity contribution in [2.45, 2.75) is 6.18 Å². The first-order chi connectivity index (χ1) is 7.88. The molecule has 0 spiro atoms. The van der Waals surface area contributed by atoms with Crippen LogP contribution in [0, 0.1) is 0 Å². The van der Waals surface area contributed by atoms with Gasteiger partial charge in [-0.15, -0.1) is 0 Å². The fourth-order valence-electron chi connectivity index (χ4n) is 1.40. The molecule has 90 valence electrons. The van der Waals surface area contributed by atoms with Gasteiger partial charge in [-0.1, -0.05) is 5.16 Å². The second kappa shape index (κ2) is 3.69. The average molecular weight is 244 g/mol. The van der Waals surface area contributed by atoms with Crippen LogP contribution in [0.2, 0.25) is 0 Å². The Morgan fingerprint density at radius 1 is 1.24 bits per heavy atom. The molecule has 0 radical (unpaired) electrons. The molecule has 1 aromatic carbocycles. The van der Waals surface area contributed by atoms with Gasteiger partial charge in [-0.25, -0.2) is 0 Å². The summed E-state index contributed by atoms with van der Waals surface area (Å²) in [5, 5.41) is 12.4. The van der Waals surface area contributed by atoms with Crippen molar-refractivity contribution in [1.82, 2.24) is 5.16 Å². The van der Waals surface area contributed by atoms with E-state index >= 15 is 0 Å². The zero-order valence-corrected chi connectivity index (χ0v) is 8.32. The number of phenolic OH excluding ortho intramolecular Hbond substituents is 1. The van der Waals surface area contributed by atoms with Crippen molar-refractivity contribution in [3.05, 3.63) is 29.8 Å². The fourth-order valence-corrected chi connectivity index (χ4v) is 1.40. The van der Waals surface area contributed by atoms with Crippen LogP contribution in [0.1, 0.15) is 5.56 Å². The topological polar surface area (TPSA) is 72.3 Å². The number of halogens is 3. The Kier molecular flexibility index (Phi) is 2.45. The van der Waals surface area contributed by atoms with Crippen LogP contribution < -0.4 is 5.73 Å². The molecule has 0 fully saturated rings. The molecule has 4 nitrogen and oxygen atoms in total. The second-order valence-electron chi connectivity index (χ2n) is 3.34. The first-order valence-electron chi connectivity index (χ1n) is 4.50. The summed E-state index contributed by atoms with van der Waals surface area (Å²) in [7, 11) is 0. The summed E-state index contributed by atoms with van der Waals surface area (Å²) in [5.74, 6) is -0.593. The molecule has 0 bridgehead atoms. The monoisotopic (exact) mass is 244 g/mol. The van der Waals surface area contributed by atoms with Gasteiger partial charge < -0.3 is 15.4 Å². The maximum atomic E-state index is 12.7. The molecule has 1 aromatic heterocycles. The van der Waals surface area contributed by atoms with E-state index in [-0.39, 0.29) is 17.1 Å². The van der Waals surface area contributed by atoms with E-state index < -0.39 is 17.5 Å². The second-order valence-corrected chi connectivity index (χ2v) is 3.34. The first kappa shape index (κ1) is 11.3. The number of alkyl halides is 3. The van der Waals surface area contributed by atoms with Gasteiger partial charge in [-0.05, 0) is 18.2 Å². The molecule has 7 heteroatoms. The molecule has 0 unspecified atom stereocenters. The van der Waals surface area contributed by atoms with Gasteiger partial charge in [0.15, 0.2) is 11.6 Å². The molecular formula is C10H7F3N2O2. The number of hydrogen-bond donors (Lipinski definition) is 2. The van der Waals surface area contributed by atoms with Crippen LogP contribution in [0.25, 0.3) is 11.3 Å². The zero-order valence-electron chi connectivity index (χ0n) is 8.32. The van der Waals surface area contributed by atoms with Crippen LogP contribution in [-0.2, 0) is 6.18 Å². The smallest absolute Gasteiger partial charge is 0.417 e. The first-order valence-corrected chi connectivity index (χ1v) is 4.50. The van der Waals surface area contributed by atoms with E-state index in [0.29, 0.717) is 6.07 Å². The summed E-state index contributed by atoms with van der Waals surface area (Å²) < 4.78 is 42.8. The zero-order chi connectivity index (χ0) is 12.6. The van der Waals surface area contributed by atoms with E-state index in [1.54, 1.807) is 0 Å². The fraction of sp³-hybridized carbons (Fsp3) is 0.100. The summed E-state index contributed by atoms with van der Waals surface area (Å²) in [6, 6.07) is 4.02. The van der Waals surface area contributed by atoms with Gasteiger partial charge in [0.1, 0.15) is 5.75 Å². The number of aromatic hydroxyl groups is 1. The molecule has 0 aliphatic rings. The molecule has 2 rings (SSSR count). The van der Waals surface area contributed by atoms with Gasteiger partial charge in [-0.2, -0.15) is 13.2 Å². The predicted octanol–water partition coefficient (Wildman–Crippen LogP) is 2.65. The third-order valence-corrected chi connectivity index (χ3v) is 2.10. The molecule has 0 aliphatic carbocycles. The standard InChI is InChI=1S/C10H7F3N2O2/c11-10(12,13)7-3-5(16)1-2-6(7)8-4-9(14)15-17-8/h1-4,16H,(H2,14,15). The number of phenols is 1. The average Bonchev–Trinajstić information content (AvgIpc) is 2.63. The summed E-state index contributed by atoms with van der Waals surface area (Å²) in [6.07, 6.45) is -4.60. The maximum Gasteiger partial charge on any atom is 0.417 e. The van der Waals surface area contributed by atoms with Gasteiger partial charge in [0.2, 0.25) is 0 Å². The summed E-state index contributed by atoms with van der Waals surface area (Å²) >= 11 is 0. The molecule has 2 aromatic rings. The third kappa shape index (κ3) is 2.17. The highest BCUT2D eigenvalue weighted by Gasteiger charge is 2.35. The van der Waals surface area contributed by atoms with Crippen molar-refractivity contribution >= 4 is 5.82 Å². The van der Waals surface area contributed by atoms with Gasteiger partial charge >= 0.3 is 6.18 Å². The Hall–Kier alpha value is -2.18. The van der Waals surface area contributed by atoms with Crippen molar-refractivity contribution in [3.8, 4) is 17.1 Å². The normalized spacial score (nSPS) is 11.7. The minimum absolute atomic E-state index is 0.0128. The van der Waals surface area contributed by atoms with Crippen LogP contribution in [0.4, 0.5) is 19.0 Å². The highest BCUT2D eigenvalue weighted by molar-refractivity contribution is 5.66. The van der Waals surface area contributed by atoms with Crippen LogP contribution in [0.5, 0.6) is 5.75 Å². The highest BCUT2D eigenvalue weighted by Crippen LogP contribution is 2.39. The largest absolute Gasteiger partial charge is 0.508 e. The molecule has 1 heterocycles. The minimum Gasteiger partial charge on any atom is -0.508 e. The van der Waals surface area contributed by atoms with E-state index in [1.807, 2.05) is 0 Å². The quantitative estimate of drug-likeness (QED) is 0.808. The Bertz CT molecular complexity index is 549. The van der Waals surface area contributed by atoms with E-state index in [0.717, 1.165) is 12.1 Å². The number of anilines is 1. The highest BCUT2D eigenvalue weighted by atomic mass is 19.4. The molecular weight excluding hydrogens is 237 g/mol. The summed E-state index contributed by atoms with van der Waals surface area (Å²) in [5.41, 5.74) is 4.04. The van der Waals surface area contributed by atoms with Crippen LogP contribution >= 0.6 is 0 Å². The number of nitrogen functional groups attached to an aromatic ring is 1. The van der Waals surface area contributed by atoms with Crippen LogP contribution in [0.15, 0.2) is 28.8 Å². The summed E-state index contributed by atoms with van der Waals surface area (Å²) in [6.45, 7) is 0. The van der Waals surface area contributed by atoms with Gasteiger partial charge in [0.25, 0.3) is 0 Å². The molecule has 0 saturated heterocycles.